The summed E-state index contributed by atoms with van der Waals surface area (Å²) < 4.78 is 0. The van der Waals surface area contributed by atoms with Gasteiger partial charge in [0.1, 0.15) is 0 Å². The van der Waals surface area contributed by atoms with Crippen LogP contribution in [0.5, 0.6) is 0 Å². The van der Waals surface area contributed by atoms with Crippen LogP contribution in [0.4, 0.5) is 0 Å². The van der Waals surface area contributed by atoms with Crippen LogP contribution in [-0.4, -0.2) is 36.2 Å². The van der Waals surface area contributed by atoms with Gasteiger partial charge in [-0.2, -0.15) is 0 Å². The second-order valence-corrected chi connectivity index (χ2v) is 6.71. The average Bonchev–Trinajstić information content (AvgIpc) is 2.87. The lowest BCUT2D eigenvalue weighted by molar-refractivity contribution is -0.134. The molecule has 0 aromatic carbocycles. The third-order valence-corrected chi connectivity index (χ3v) is 5.11. The van der Waals surface area contributed by atoms with Crippen LogP contribution in [0.15, 0.2) is 0 Å². The molecule has 1 amide bonds. The van der Waals surface area contributed by atoms with Gasteiger partial charge in [0, 0.05) is 13.1 Å². The van der Waals surface area contributed by atoms with Gasteiger partial charge in [-0.3, -0.25) is 4.79 Å². The molecule has 1 saturated carbocycles. The summed E-state index contributed by atoms with van der Waals surface area (Å²) in [4.78, 5) is 12.5. The van der Waals surface area contributed by atoms with E-state index < -0.39 is 5.60 Å². The molecule has 1 atom stereocenters. The SMILES string of the molecule is CC(C)C1(C(=O)NCC2(O)CCCCC2)CCNC1. The van der Waals surface area contributed by atoms with Crippen LogP contribution in [0, 0.1) is 11.3 Å². The maximum absolute atomic E-state index is 12.5. The van der Waals surface area contributed by atoms with Gasteiger partial charge in [0.05, 0.1) is 11.0 Å². The van der Waals surface area contributed by atoms with Crippen molar-refractivity contribution in [2.24, 2.45) is 11.3 Å². The zero-order valence-electron chi connectivity index (χ0n) is 12.3. The van der Waals surface area contributed by atoms with Crippen LogP contribution in [0.3, 0.4) is 0 Å². The summed E-state index contributed by atoms with van der Waals surface area (Å²) in [7, 11) is 0. The molecule has 2 fully saturated rings. The fraction of sp³-hybridized carbons (Fsp3) is 0.933. The van der Waals surface area contributed by atoms with Crippen molar-refractivity contribution < 1.29 is 9.90 Å². The van der Waals surface area contributed by atoms with E-state index in [0.29, 0.717) is 12.5 Å². The first-order valence-electron chi connectivity index (χ1n) is 7.70. The van der Waals surface area contributed by atoms with Crippen LogP contribution in [-0.2, 0) is 4.79 Å². The Hall–Kier alpha value is -0.610. The Morgan fingerprint density at radius 1 is 1.26 bits per heavy atom. The van der Waals surface area contributed by atoms with E-state index in [1.54, 1.807) is 0 Å². The molecule has 0 spiro atoms. The summed E-state index contributed by atoms with van der Waals surface area (Å²) in [6.07, 6.45) is 5.89. The monoisotopic (exact) mass is 268 g/mol. The molecule has 110 valence electrons. The summed E-state index contributed by atoms with van der Waals surface area (Å²) in [5, 5.41) is 16.8. The average molecular weight is 268 g/mol. The number of carbonyl (C=O) groups excluding carboxylic acids is 1. The lowest BCUT2D eigenvalue weighted by Gasteiger charge is -2.35. The highest BCUT2D eigenvalue weighted by Gasteiger charge is 2.44. The largest absolute Gasteiger partial charge is 0.388 e. The Balaban J connectivity index is 1.92. The van der Waals surface area contributed by atoms with Crippen LogP contribution in [0.25, 0.3) is 0 Å². The molecular formula is C15H28N2O2. The Morgan fingerprint density at radius 3 is 2.47 bits per heavy atom. The van der Waals surface area contributed by atoms with Gasteiger partial charge in [-0.25, -0.2) is 0 Å². The van der Waals surface area contributed by atoms with Gasteiger partial charge < -0.3 is 15.7 Å². The maximum atomic E-state index is 12.5. The minimum atomic E-state index is -0.669. The van der Waals surface area contributed by atoms with E-state index in [-0.39, 0.29) is 11.3 Å². The fourth-order valence-electron chi connectivity index (χ4n) is 3.47. The van der Waals surface area contributed by atoms with Gasteiger partial charge in [-0.1, -0.05) is 33.1 Å². The van der Waals surface area contributed by atoms with Gasteiger partial charge in [-0.05, 0) is 31.7 Å². The predicted molar refractivity (Wildman–Crippen MR) is 75.8 cm³/mol. The molecule has 1 unspecified atom stereocenters. The topological polar surface area (TPSA) is 61.4 Å². The molecule has 0 aromatic heterocycles. The molecule has 2 rings (SSSR count). The third-order valence-electron chi connectivity index (χ3n) is 5.11. The molecule has 1 saturated heterocycles. The number of hydrogen-bond donors (Lipinski definition) is 3. The second-order valence-electron chi connectivity index (χ2n) is 6.71. The van der Waals surface area contributed by atoms with E-state index in [4.69, 9.17) is 0 Å². The first kappa shape index (κ1) is 14.8. The molecule has 0 radical (unpaired) electrons. The van der Waals surface area contributed by atoms with Crippen molar-refractivity contribution in [2.45, 2.75) is 58.0 Å². The van der Waals surface area contributed by atoms with Crippen LogP contribution < -0.4 is 10.6 Å². The fourth-order valence-corrected chi connectivity index (χ4v) is 3.47. The molecular weight excluding hydrogens is 240 g/mol. The number of aliphatic hydroxyl groups is 1. The highest BCUT2D eigenvalue weighted by Crippen LogP contribution is 2.35. The highest BCUT2D eigenvalue weighted by molar-refractivity contribution is 5.83. The van der Waals surface area contributed by atoms with Crippen LogP contribution in [0.1, 0.15) is 52.4 Å². The minimum Gasteiger partial charge on any atom is -0.388 e. The van der Waals surface area contributed by atoms with Crippen LogP contribution >= 0.6 is 0 Å². The van der Waals surface area contributed by atoms with Gasteiger partial charge in [0.2, 0.25) is 5.91 Å². The van der Waals surface area contributed by atoms with Crippen molar-refractivity contribution in [3.05, 3.63) is 0 Å². The Bertz CT molecular complexity index is 316. The number of hydrogen-bond acceptors (Lipinski definition) is 3. The first-order valence-corrected chi connectivity index (χ1v) is 7.70. The highest BCUT2D eigenvalue weighted by atomic mass is 16.3. The predicted octanol–water partition coefficient (Wildman–Crippen LogP) is 1.43. The summed E-state index contributed by atoms with van der Waals surface area (Å²) in [5.41, 5.74) is -0.955. The molecule has 4 nitrogen and oxygen atoms in total. The molecule has 0 aromatic rings. The number of rotatable bonds is 4. The van der Waals surface area contributed by atoms with Crippen molar-refractivity contribution in [3.8, 4) is 0 Å². The van der Waals surface area contributed by atoms with Gasteiger partial charge in [0.25, 0.3) is 0 Å². The normalized spacial score (nSPS) is 30.5. The third kappa shape index (κ3) is 3.11. The quantitative estimate of drug-likeness (QED) is 0.723. The number of carbonyl (C=O) groups is 1. The Morgan fingerprint density at radius 2 is 1.95 bits per heavy atom. The van der Waals surface area contributed by atoms with Crippen molar-refractivity contribution in [1.29, 1.82) is 0 Å². The zero-order chi connectivity index (χ0) is 13.9. The minimum absolute atomic E-state index is 0.117. The summed E-state index contributed by atoms with van der Waals surface area (Å²) in [6, 6.07) is 0. The summed E-state index contributed by atoms with van der Waals surface area (Å²) in [5.74, 6) is 0.440. The molecule has 1 heterocycles. The van der Waals surface area contributed by atoms with Gasteiger partial charge >= 0.3 is 0 Å². The van der Waals surface area contributed by atoms with E-state index in [1.807, 2.05) is 0 Å². The Kier molecular flexibility index (Phi) is 4.51. The summed E-state index contributed by atoms with van der Waals surface area (Å²) in [6.45, 7) is 6.31. The molecule has 4 heteroatoms. The first-order chi connectivity index (χ1) is 8.99. The second kappa shape index (κ2) is 5.80. The molecule has 0 bridgehead atoms. The molecule has 2 aliphatic rings. The molecule has 3 N–H and O–H groups in total. The van der Waals surface area contributed by atoms with Crippen molar-refractivity contribution in [1.82, 2.24) is 10.6 Å². The van der Waals surface area contributed by atoms with E-state index in [1.165, 1.54) is 6.42 Å². The van der Waals surface area contributed by atoms with E-state index in [2.05, 4.69) is 24.5 Å². The maximum Gasteiger partial charge on any atom is 0.227 e. The summed E-state index contributed by atoms with van der Waals surface area (Å²) >= 11 is 0. The zero-order valence-corrected chi connectivity index (χ0v) is 12.3. The van der Waals surface area contributed by atoms with Gasteiger partial charge in [0.15, 0.2) is 0 Å². The van der Waals surface area contributed by atoms with E-state index in [0.717, 1.165) is 45.2 Å². The van der Waals surface area contributed by atoms with Crippen molar-refractivity contribution in [3.63, 3.8) is 0 Å². The lowest BCUT2D eigenvalue weighted by Crippen LogP contribution is -2.51. The molecule has 1 aliphatic carbocycles. The molecule has 19 heavy (non-hydrogen) atoms. The van der Waals surface area contributed by atoms with Crippen molar-refractivity contribution >= 4 is 5.91 Å². The number of amides is 1. The van der Waals surface area contributed by atoms with Crippen LogP contribution in [0.2, 0.25) is 0 Å². The van der Waals surface area contributed by atoms with E-state index >= 15 is 0 Å². The Labute approximate surface area is 116 Å². The smallest absolute Gasteiger partial charge is 0.227 e. The van der Waals surface area contributed by atoms with Gasteiger partial charge in [-0.15, -0.1) is 0 Å². The molecule has 1 aliphatic heterocycles. The number of nitrogens with one attached hydrogen (secondary N) is 2. The lowest BCUT2D eigenvalue weighted by atomic mass is 9.75. The standard InChI is InChI=1S/C15H28N2O2/c1-12(2)15(8-9-16-11-15)13(18)17-10-14(19)6-4-3-5-7-14/h12,16,19H,3-11H2,1-2H3,(H,17,18). The van der Waals surface area contributed by atoms with Crippen molar-refractivity contribution in [2.75, 3.05) is 19.6 Å². The van der Waals surface area contributed by atoms with E-state index in [9.17, 15) is 9.90 Å².